The molecule has 5 heteroatoms. The van der Waals surface area contributed by atoms with E-state index in [9.17, 15) is 4.79 Å². The molecule has 0 aliphatic carbocycles. The lowest BCUT2D eigenvalue weighted by Gasteiger charge is -2.41. The Labute approximate surface area is 115 Å². The van der Waals surface area contributed by atoms with E-state index in [4.69, 9.17) is 9.47 Å². The first-order valence-electron chi connectivity index (χ1n) is 7.24. The van der Waals surface area contributed by atoms with Crippen LogP contribution in [-0.2, 0) is 14.3 Å². The Morgan fingerprint density at radius 2 is 2.11 bits per heavy atom. The number of hydrogen-bond donors (Lipinski definition) is 1. The fourth-order valence-electron chi connectivity index (χ4n) is 2.89. The van der Waals surface area contributed by atoms with Crippen LogP contribution in [0.25, 0.3) is 0 Å². The molecule has 1 amide bonds. The molecular weight excluding hydrogens is 244 g/mol. The van der Waals surface area contributed by atoms with Crippen molar-refractivity contribution in [2.45, 2.75) is 51.4 Å². The molecule has 0 spiro atoms. The molecule has 0 aromatic carbocycles. The second-order valence-corrected chi connectivity index (χ2v) is 6.22. The van der Waals surface area contributed by atoms with E-state index in [1.165, 1.54) is 0 Å². The topological polar surface area (TPSA) is 50.8 Å². The van der Waals surface area contributed by atoms with Crippen LogP contribution in [0.1, 0.15) is 33.6 Å². The van der Waals surface area contributed by atoms with Crippen molar-refractivity contribution in [3.05, 3.63) is 0 Å². The van der Waals surface area contributed by atoms with Gasteiger partial charge in [-0.15, -0.1) is 0 Å². The van der Waals surface area contributed by atoms with Gasteiger partial charge in [-0.2, -0.15) is 0 Å². The summed E-state index contributed by atoms with van der Waals surface area (Å²) in [6.45, 7) is 9.54. The summed E-state index contributed by atoms with van der Waals surface area (Å²) >= 11 is 0. The summed E-state index contributed by atoms with van der Waals surface area (Å²) in [5.41, 5.74) is -0.262. The molecule has 5 nitrogen and oxygen atoms in total. The first-order chi connectivity index (χ1) is 8.96. The van der Waals surface area contributed by atoms with Gasteiger partial charge < -0.3 is 19.7 Å². The van der Waals surface area contributed by atoms with E-state index in [1.807, 2.05) is 25.7 Å². The highest BCUT2D eigenvalue weighted by molar-refractivity contribution is 5.77. The van der Waals surface area contributed by atoms with E-state index < -0.39 is 0 Å². The van der Waals surface area contributed by atoms with Crippen LogP contribution in [-0.4, -0.2) is 61.4 Å². The molecule has 2 aliphatic rings. The van der Waals surface area contributed by atoms with Crippen molar-refractivity contribution in [2.75, 3.05) is 32.8 Å². The number of nitrogens with zero attached hydrogens (tertiary/aromatic N) is 1. The SMILES string of the molecule is CC1CN(C(=O)COC2CCNCC2)CC(C)(C)O1. The number of piperidine rings is 1. The van der Waals surface area contributed by atoms with Gasteiger partial charge in [-0.1, -0.05) is 0 Å². The molecule has 2 rings (SSSR count). The van der Waals surface area contributed by atoms with Crippen LogP contribution < -0.4 is 5.32 Å². The maximum atomic E-state index is 12.2. The summed E-state index contributed by atoms with van der Waals surface area (Å²) in [4.78, 5) is 14.1. The van der Waals surface area contributed by atoms with Crippen molar-refractivity contribution in [3.8, 4) is 0 Å². The van der Waals surface area contributed by atoms with Gasteiger partial charge in [-0.05, 0) is 46.7 Å². The lowest BCUT2D eigenvalue weighted by Crippen LogP contribution is -2.54. The van der Waals surface area contributed by atoms with E-state index in [-0.39, 0.29) is 30.3 Å². The van der Waals surface area contributed by atoms with Crippen LogP contribution >= 0.6 is 0 Å². The zero-order valence-electron chi connectivity index (χ0n) is 12.3. The van der Waals surface area contributed by atoms with E-state index in [0.717, 1.165) is 25.9 Å². The van der Waals surface area contributed by atoms with Gasteiger partial charge in [0.05, 0.1) is 17.8 Å². The number of hydrogen-bond acceptors (Lipinski definition) is 4. The Morgan fingerprint density at radius 1 is 1.42 bits per heavy atom. The normalized spacial score (nSPS) is 28.4. The van der Waals surface area contributed by atoms with Crippen LogP contribution in [0.5, 0.6) is 0 Å². The summed E-state index contributed by atoms with van der Waals surface area (Å²) in [7, 11) is 0. The molecule has 0 saturated carbocycles. The molecule has 1 atom stereocenters. The zero-order valence-corrected chi connectivity index (χ0v) is 12.3. The summed E-state index contributed by atoms with van der Waals surface area (Å²) in [6.07, 6.45) is 2.32. The van der Waals surface area contributed by atoms with Crippen molar-refractivity contribution in [3.63, 3.8) is 0 Å². The molecule has 0 bridgehead atoms. The molecule has 2 aliphatic heterocycles. The molecule has 1 N–H and O–H groups in total. The predicted octanol–water partition coefficient (Wildman–Crippen LogP) is 0.781. The maximum Gasteiger partial charge on any atom is 0.248 e. The quantitative estimate of drug-likeness (QED) is 0.823. The maximum absolute atomic E-state index is 12.2. The third kappa shape index (κ3) is 4.44. The summed E-state index contributed by atoms with van der Waals surface area (Å²) < 4.78 is 11.5. The minimum atomic E-state index is -0.262. The number of morpholine rings is 1. The molecule has 110 valence electrons. The molecule has 2 heterocycles. The van der Waals surface area contributed by atoms with Crippen LogP contribution in [0.3, 0.4) is 0 Å². The number of rotatable bonds is 3. The van der Waals surface area contributed by atoms with E-state index in [0.29, 0.717) is 13.1 Å². The van der Waals surface area contributed by atoms with Crippen molar-refractivity contribution in [1.29, 1.82) is 0 Å². The third-order valence-electron chi connectivity index (χ3n) is 3.65. The number of carbonyl (C=O) groups excluding carboxylic acids is 1. The van der Waals surface area contributed by atoms with Crippen LogP contribution in [0.4, 0.5) is 0 Å². The highest BCUT2D eigenvalue weighted by atomic mass is 16.5. The van der Waals surface area contributed by atoms with Gasteiger partial charge in [-0.25, -0.2) is 0 Å². The minimum absolute atomic E-state index is 0.0850. The molecular formula is C14H26N2O3. The van der Waals surface area contributed by atoms with Gasteiger partial charge >= 0.3 is 0 Å². The Bertz CT molecular complexity index is 314. The molecule has 0 aromatic heterocycles. The van der Waals surface area contributed by atoms with Gasteiger partial charge in [0, 0.05) is 13.1 Å². The Balaban J connectivity index is 1.78. The molecule has 0 radical (unpaired) electrons. The van der Waals surface area contributed by atoms with Gasteiger partial charge in [-0.3, -0.25) is 4.79 Å². The van der Waals surface area contributed by atoms with Gasteiger partial charge in [0.25, 0.3) is 0 Å². The first-order valence-corrected chi connectivity index (χ1v) is 7.24. The lowest BCUT2D eigenvalue weighted by molar-refractivity contribution is -0.163. The molecule has 19 heavy (non-hydrogen) atoms. The van der Waals surface area contributed by atoms with Crippen molar-refractivity contribution in [2.24, 2.45) is 0 Å². The average molecular weight is 270 g/mol. The number of amides is 1. The number of carbonyl (C=O) groups is 1. The Morgan fingerprint density at radius 3 is 2.74 bits per heavy atom. The fourth-order valence-corrected chi connectivity index (χ4v) is 2.89. The standard InChI is InChI=1S/C14H26N2O3/c1-11-8-16(10-14(2,3)19-11)13(17)9-18-12-4-6-15-7-5-12/h11-12,15H,4-10H2,1-3H3. The second-order valence-electron chi connectivity index (χ2n) is 6.22. The van der Waals surface area contributed by atoms with Gasteiger partial charge in [0.1, 0.15) is 6.61 Å². The van der Waals surface area contributed by atoms with E-state index in [2.05, 4.69) is 5.32 Å². The van der Waals surface area contributed by atoms with Gasteiger partial charge in [0.2, 0.25) is 5.91 Å². The van der Waals surface area contributed by atoms with E-state index >= 15 is 0 Å². The predicted molar refractivity (Wildman–Crippen MR) is 73.0 cm³/mol. The van der Waals surface area contributed by atoms with Gasteiger partial charge in [0.15, 0.2) is 0 Å². The monoisotopic (exact) mass is 270 g/mol. The Kier molecular flexibility index (Phi) is 4.81. The van der Waals surface area contributed by atoms with Crippen LogP contribution in [0.15, 0.2) is 0 Å². The average Bonchev–Trinajstić information content (AvgIpc) is 2.34. The van der Waals surface area contributed by atoms with E-state index in [1.54, 1.807) is 0 Å². The molecule has 2 saturated heterocycles. The zero-order chi connectivity index (χ0) is 13.9. The first kappa shape index (κ1) is 14.8. The van der Waals surface area contributed by atoms with Crippen LogP contribution in [0.2, 0.25) is 0 Å². The van der Waals surface area contributed by atoms with Crippen molar-refractivity contribution < 1.29 is 14.3 Å². The number of ether oxygens (including phenoxy) is 2. The molecule has 2 fully saturated rings. The van der Waals surface area contributed by atoms with Crippen molar-refractivity contribution in [1.82, 2.24) is 10.2 Å². The third-order valence-corrected chi connectivity index (χ3v) is 3.65. The smallest absolute Gasteiger partial charge is 0.248 e. The Hall–Kier alpha value is -0.650. The summed E-state index contributed by atoms with van der Waals surface area (Å²) in [6, 6.07) is 0. The number of nitrogens with one attached hydrogen (secondary N) is 1. The summed E-state index contributed by atoms with van der Waals surface area (Å²) in [5, 5.41) is 3.29. The van der Waals surface area contributed by atoms with Crippen LogP contribution in [0, 0.1) is 0 Å². The highest BCUT2D eigenvalue weighted by Gasteiger charge is 2.33. The lowest BCUT2D eigenvalue weighted by atomic mass is 10.1. The second kappa shape index (κ2) is 6.20. The fraction of sp³-hybridized carbons (Fsp3) is 0.929. The highest BCUT2D eigenvalue weighted by Crippen LogP contribution is 2.21. The minimum Gasteiger partial charge on any atom is -0.369 e. The molecule has 1 unspecified atom stereocenters. The summed E-state index contributed by atoms with van der Waals surface area (Å²) in [5.74, 6) is 0.0850. The molecule has 0 aromatic rings. The largest absolute Gasteiger partial charge is 0.369 e. The van der Waals surface area contributed by atoms with Crippen molar-refractivity contribution >= 4 is 5.91 Å².